The third-order valence-electron chi connectivity index (χ3n) is 0.512. The van der Waals surface area contributed by atoms with Crippen LogP contribution in [-0.4, -0.2) is 16.8 Å². The van der Waals surface area contributed by atoms with Crippen molar-refractivity contribution in [1.29, 1.82) is 10.5 Å². The Balaban J connectivity index is 5.64. The molecule has 0 aliphatic rings. The Hall–Kier alpha value is -1.12. The molecular weight excluding hydrogens is 180 g/mol. The van der Waals surface area contributed by atoms with Crippen molar-refractivity contribution in [3.63, 3.8) is 0 Å². The van der Waals surface area contributed by atoms with E-state index in [1.807, 2.05) is 0 Å². The Labute approximate surface area is 56.5 Å². The second-order valence-electron chi connectivity index (χ2n) is 1.09. The quantitative estimate of drug-likeness (QED) is 0.281. The lowest BCUT2D eigenvalue weighted by atomic mass is 11.8. The van der Waals surface area contributed by atoms with Crippen molar-refractivity contribution < 1.29 is 16.8 Å². The molecule has 0 atom stereocenters. The molecular formula is C2N2O4S2. The summed E-state index contributed by atoms with van der Waals surface area (Å²) in [5, 5.41) is 16.4. The Morgan fingerprint density at radius 2 is 1.00 bits per heavy atom. The first-order chi connectivity index (χ1) is 4.37. The average molecular weight is 180 g/mol. The molecule has 0 aliphatic heterocycles. The zero-order valence-electron chi connectivity index (χ0n) is 4.34. The van der Waals surface area contributed by atoms with Gasteiger partial charge in [-0.05, 0) is 0 Å². The molecule has 8 heteroatoms. The van der Waals surface area contributed by atoms with Gasteiger partial charge < -0.3 is 0 Å². The predicted octanol–water partition coefficient (Wildman–Crippen LogP) is -1.31. The number of rotatable bonds is 1. The zero-order valence-corrected chi connectivity index (χ0v) is 5.98. The van der Waals surface area contributed by atoms with E-state index < -0.39 is 17.7 Å². The maximum Gasteiger partial charge on any atom is 0.358 e. The molecule has 0 saturated heterocycles. The van der Waals surface area contributed by atoms with Gasteiger partial charge in [0.15, 0.2) is 0 Å². The van der Waals surface area contributed by atoms with Gasteiger partial charge in [0, 0.05) is 0 Å². The zero-order chi connectivity index (χ0) is 8.41. The first-order valence-corrected chi connectivity index (χ1v) is 5.17. The highest BCUT2D eigenvalue weighted by atomic mass is 33.2. The summed E-state index contributed by atoms with van der Waals surface area (Å²) >= 11 is 0. The minimum absolute atomic E-state index is 0.494. The Morgan fingerprint density at radius 3 is 1.10 bits per heavy atom. The van der Waals surface area contributed by atoms with Gasteiger partial charge in [-0.25, -0.2) is 0 Å². The average Bonchev–Trinajstić information content (AvgIpc) is 1.88. The van der Waals surface area contributed by atoms with Crippen LogP contribution in [0.2, 0.25) is 0 Å². The molecule has 0 rings (SSSR count). The van der Waals surface area contributed by atoms with Gasteiger partial charge in [0.25, 0.3) is 0 Å². The third kappa shape index (κ3) is 1.23. The molecule has 0 aromatic heterocycles. The van der Waals surface area contributed by atoms with E-state index in [2.05, 4.69) is 0 Å². The normalized spacial score (nSPS) is 11.4. The minimum atomic E-state index is -4.93. The van der Waals surface area contributed by atoms with Crippen LogP contribution in [0.15, 0.2) is 0 Å². The maximum absolute atomic E-state index is 10.1. The van der Waals surface area contributed by atoms with Gasteiger partial charge in [0.2, 0.25) is 10.8 Å². The molecule has 0 spiro atoms. The summed E-state index contributed by atoms with van der Waals surface area (Å²) in [6.07, 6.45) is 0. The van der Waals surface area contributed by atoms with Crippen molar-refractivity contribution in [2.24, 2.45) is 0 Å². The van der Waals surface area contributed by atoms with Gasteiger partial charge in [0.1, 0.15) is 0 Å². The summed E-state index contributed by atoms with van der Waals surface area (Å²) in [5.41, 5.74) is 0. The highest BCUT2D eigenvalue weighted by Gasteiger charge is 2.28. The number of hydrogen-bond acceptors (Lipinski definition) is 6. The van der Waals surface area contributed by atoms with Crippen LogP contribution in [0.25, 0.3) is 0 Å². The van der Waals surface area contributed by atoms with Crippen molar-refractivity contribution in [3.05, 3.63) is 0 Å². The van der Waals surface area contributed by atoms with E-state index >= 15 is 0 Å². The van der Waals surface area contributed by atoms with Crippen LogP contribution in [0.3, 0.4) is 0 Å². The Bertz CT molecular complexity index is 359. The van der Waals surface area contributed by atoms with E-state index in [0.29, 0.717) is 10.8 Å². The highest BCUT2D eigenvalue weighted by Crippen LogP contribution is 1.99. The van der Waals surface area contributed by atoms with Crippen LogP contribution >= 0.6 is 0 Å². The topological polar surface area (TPSA) is 116 Å². The number of nitrogens with zero attached hydrogens (tertiary/aromatic N) is 2. The van der Waals surface area contributed by atoms with E-state index in [1.54, 1.807) is 0 Å². The molecule has 0 fully saturated rings. The molecule has 0 radical (unpaired) electrons. The molecule has 10 heavy (non-hydrogen) atoms. The highest BCUT2D eigenvalue weighted by molar-refractivity contribution is 8.70. The van der Waals surface area contributed by atoms with Crippen molar-refractivity contribution >= 4 is 17.7 Å². The van der Waals surface area contributed by atoms with Gasteiger partial charge in [-0.1, -0.05) is 0 Å². The van der Waals surface area contributed by atoms with Crippen molar-refractivity contribution in [1.82, 2.24) is 0 Å². The van der Waals surface area contributed by atoms with Crippen LogP contribution in [0.5, 0.6) is 0 Å². The number of hydrogen-bond donors (Lipinski definition) is 0. The van der Waals surface area contributed by atoms with E-state index in [1.165, 1.54) is 0 Å². The largest absolute Gasteiger partial charge is 0.358 e. The van der Waals surface area contributed by atoms with Crippen LogP contribution in [0.4, 0.5) is 0 Å². The summed E-state index contributed by atoms with van der Waals surface area (Å²) < 4.78 is 40.3. The van der Waals surface area contributed by atoms with Crippen molar-refractivity contribution in [3.8, 4) is 10.8 Å². The fraction of sp³-hybridized carbons (Fsp3) is 0. The SMILES string of the molecule is N#CS(=O)(=O)S(=O)(=O)C#N. The summed E-state index contributed by atoms with van der Waals surface area (Å²) in [6, 6.07) is 0. The lowest BCUT2D eigenvalue weighted by Gasteiger charge is -1.81. The van der Waals surface area contributed by atoms with Gasteiger partial charge in [-0.3, -0.25) is 0 Å². The molecule has 6 nitrogen and oxygen atoms in total. The molecule has 0 aromatic rings. The molecule has 0 aromatic carbocycles. The summed E-state index contributed by atoms with van der Waals surface area (Å²) in [4.78, 5) is 0. The lowest BCUT2D eigenvalue weighted by Crippen LogP contribution is -2.09. The van der Waals surface area contributed by atoms with E-state index in [4.69, 9.17) is 10.5 Å². The number of thiocyanates is 2. The number of nitriles is 2. The van der Waals surface area contributed by atoms with Gasteiger partial charge in [-0.2, -0.15) is 27.4 Å². The molecule has 0 amide bonds. The molecule has 0 saturated carbocycles. The van der Waals surface area contributed by atoms with Gasteiger partial charge in [-0.15, -0.1) is 0 Å². The molecule has 0 N–H and O–H groups in total. The van der Waals surface area contributed by atoms with E-state index in [0.717, 1.165) is 0 Å². The van der Waals surface area contributed by atoms with Gasteiger partial charge >= 0.3 is 17.7 Å². The van der Waals surface area contributed by atoms with Crippen molar-refractivity contribution in [2.45, 2.75) is 0 Å². The van der Waals surface area contributed by atoms with E-state index in [-0.39, 0.29) is 0 Å². The Morgan fingerprint density at radius 1 is 0.800 bits per heavy atom. The summed E-state index contributed by atoms with van der Waals surface area (Å²) in [6.45, 7) is 0. The lowest BCUT2D eigenvalue weighted by molar-refractivity contribution is 0.593. The first-order valence-electron chi connectivity index (χ1n) is 1.69. The maximum atomic E-state index is 10.1. The molecule has 0 aliphatic carbocycles. The van der Waals surface area contributed by atoms with Crippen LogP contribution < -0.4 is 0 Å². The molecule has 0 heterocycles. The summed E-state index contributed by atoms with van der Waals surface area (Å²) in [5.74, 6) is 0. The predicted molar refractivity (Wildman–Crippen MR) is 29.1 cm³/mol. The van der Waals surface area contributed by atoms with Gasteiger partial charge in [0.05, 0.1) is 0 Å². The second kappa shape index (κ2) is 2.25. The third-order valence-corrected chi connectivity index (χ3v) is 3.72. The minimum Gasteiger partial charge on any atom is -0.196 e. The first kappa shape index (κ1) is 8.88. The monoisotopic (exact) mass is 180 g/mol. The van der Waals surface area contributed by atoms with Crippen LogP contribution in [0, 0.1) is 21.3 Å². The van der Waals surface area contributed by atoms with Crippen LogP contribution in [0.1, 0.15) is 0 Å². The standard InChI is InChI=1S/C2N2O4S2/c3-1-9(5,6)10(7,8)2-4. The van der Waals surface area contributed by atoms with Crippen molar-refractivity contribution in [2.75, 3.05) is 0 Å². The summed E-state index contributed by atoms with van der Waals surface area (Å²) in [7, 11) is -9.86. The molecule has 0 bridgehead atoms. The smallest absolute Gasteiger partial charge is 0.196 e. The van der Waals surface area contributed by atoms with Crippen LogP contribution in [-0.2, 0) is 17.7 Å². The Kier molecular flexibility index (Phi) is 2.00. The molecule has 54 valence electrons. The van der Waals surface area contributed by atoms with E-state index in [9.17, 15) is 16.8 Å². The second-order valence-corrected chi connectivity index (χ2v) is 5.91. The fourth-order valence-corrected chi connectivity index (χ4v) is 0.883. The fourth-order valence-electron chi connectivity index (χ4n) is 0.0981. The molecule has 0 unspecified atom stereocenters.